The molecule has 2 N–H and O–H groups in total. The Bertz CT molecular complexity index is 692. The first-order chi connectivity index (χ1) is 10.8. The van der Waals surface area contributed by atoms with Crippen molar-refractivity contribution in [3.05, 3.63) is 47.3 Å². The molecule has 0 radical (unpaired) electrons. The van der Waals surface area contributed by atoms with Gasteiger partial charge in [-0.15, -0.1) is 12.4 Å². The molecule has 1 aliphatic carbocycles. The van der Waals surface area contributed by atoms with E-state index in [0.717, 1.165) is 50.0 Å². The molecule has 5 nitrogen and oxygen atoms in total. The number of para-hydroxylation sites is 1. The Morgan fingerprint density at radius 1 is 1.26 bits per heavy atom. The average Bonchev–Trinajstić information content (AvgIpc) is 3.25. The summed E-state index contributed by atoms with van der Waals surface area (Å²) in [4.78, 5) is 12.6. The lowest BCUT2D eigenvalue weighted by Crippen LogP contribution is -2.36. The molecule has 6 heteroatoms. The Kier molecular flexibility index (Phi) is 4.68. The molecular weight excluding hydrogens is 312 g/mol. The summed E-state index contributed by atoms with van der Waals surface area (Å²) in [7, 11) is 0. The number of hydrogen-bond donors (Lipinski definition) is 2. The number of rotatable bonds is 3. The van der Waals surface area contributed by atoms with Gasteiger partial charge in [-0.2, -0.15) is 5.10 Å². The van der Waals surface area contributed by atoms with Crippen molar-refractivity contribution in [2.75, 3.05) is 13.1 Å². The highest BCUT2D eigenvalue weighted by Crippen LogP contribution is 2.27. The second kappa shape index (κ2) is 6.72. The van der Waals surface area contributed by atoms with Crippen LogP contribution in [0, 0.1) is 0 Å². The van der Waals surface area contributed by atoms with Gasteiger partial charge >= 0.3 is 0 Å². The fourth-order valence-corrected chi connectivity index (χ4v) is 3.43. The van der Waals surface area contributed by atoms with Gasteiger partial charge in [0, 0.05) is 23.8 Å². The zero-order valence-electron chi connectivity index (χ0n) is 12.9. The van der Waals surface area contributed by atoms with Crippen molar-refractivity contribution in [2.24, 2.45) is 0 Å². The van der Waals surface area contributed by atoms with Gasteiger partial charge in [-0.1, -0.05) is 18.2 Å². The monoisotopic (exact) mass is 332 g/mol. The average molecular weight is 333 g/mol. The SMILES string of the molecule is Cl.O=C(NC1CCNC1)c1nn(-c2ccccc2)c2c1CCC2. The fraction of sp³-hybridized carbons (Fsp3) is 0.412. The number of carbonyl (C=O) groups excluding carboxylic acids is 1. The second-order valence-corrected chi connectivity index (χ2v) is 6.04. The summed E-state index contributed by atoms with van der Waals surface area (Å²) in [6.45, 7) is 1.83. The van der Waals surface area contributed by atoms with E-state index in [1.54, 1.807) is 0 Å². The topological polar surface area (TPSA) is 59.0 Å². The molecule has 23 heavy (non-hydrogen) atoms. The van der Waals surface area contributed by atoms with Gasteiger partial charge in [0.05, 0.1) is 5.69 Å². The Labute approximate surface area is 141 Å². The van der Waals surface area contributed by atoms with Crippen molar-refractivity contribution in [2.45, 2.75) is 31.7 Å². The highest BCUT2D eigenvalue weighted by atomic mass is 35.5. The van der Waals surface area contributed by atoms with Crippen molar-refractivity contribution in [1.82, 2.24) is 20.4 Å². The molecule has 4 rings (SSSR count). The predicted octanol–water partition coefficient (Wildman–Crippen LogP) is 1.87. The maximum absolute atomic E-state index is 12.6. The quantitative estimate of drug-likeness (QED) is 0.902. The van der Waals surface area contributed by atoms with E-state index < -0.39 is 0 Å². The molecule has 1 aromatic heterocycles. The van der Waals surface area contributed by atoms with Crippen molar-refractivity contribution in [1.29, 1.82) is 0 Å². The molecule has 1 unspecified atom stereocenters. The van der Waals surface area contributed by atoms with Crippen LogP contribution in [0.4, 0.5) is 0 Å². The molecule has 1 saturated heterocycles. The number of halogens is 1. The Balaban J connectivity index is 0.00000156. The predicted molar refractivity (Wildman–Crippen MR) is 91.6 cm³/mol. The van der Waals surface area contributed by atoms with Crippen LogP contribution in [0.5, 0.6) is 0 Å². The largest absolute Gasteiger partial charge is 0.347 e. The number of aromatic nitrogens is 2. The first-order valence-corrected chi connectivity index (χ1v) is 8.01. The maximum Gasteiger partial charge on any atom is 0.272 e. The zero-order valence-corrected chi connectivity index (χ0v) is 13.7. The molecule has 1 aliphatic heterocycles. The van der Waals surface area contributed by atoms with Crippen LogP contribution in [0.3, 0.4) is 0 Å². The molecule has 2 heterocycles. The molecule has 0 saturated carbocycles. The van der Waals surface area contributed by atoms with Crippen LogP contribution in [-0.4, -0.2) is 34.8 Å². The number of nitrogens with zero attached hydrogens (tertiary/aromatic N) is 2. The number of benzene rings is 1. The van der Waals surface area contributed by atoms with Gasteiger partial charge in [-0.3, -0.25) is 4.79 Å². The molecule has 1 atom stereocenters. The van der Waals surface area contributed by atoms with E-state index in [-0.39, 0.29) is 24.4 Å². The van der Waals surface area contributed by atoms with Gasteiger partial charge in [0.15, 0.2) is 5.69 Å². The summed E-state index contributed by atoms with van der Waals surface area (Å²) < 4.78 is 1.95. The Morgan fingerprint density at radius 2 is 2.09 bits per heavy atom. The number of amides is 1. The summed E-state index contributed by atoms with van der Waals surface area (Å²) in [6.07, 6.45) is 4.04. The molecule has 2 aromatic rings. The van der Waals surface area contributed by atoms with Crippen molar-refractivity contribution >= 4 is 18.3 Å². The summed E-state index contributed by atoms with van der Waals surface area (Å²) in [5.74, 6) is -0.0264. The standard InChI is InChI=1S/C17H20N4O.ClH/c22-17(19-12-9-10-18-11-12)16-14-7-4-8-15(14)21(20-16)13-5-2-1-3-6-13;/h1-3,5-6,12,18H,4,7-11H2,(H,19,22);1H. The van der Waals surface area contributed by atoms with Gasteiger partial charge in [0.1, 0.15) is 0 Å². The summed E-state index contributed by atoms with van der Waals surface area (Å²) in [6, 6.07) is 10.3. The van der Waals surface area contributed by atoms with E-state index in [1.165, 1.54) is 5.69 Å². The van der Waals surface area contributed by atoms with Crippen LogP contribution >= 0.6 is 12.4 Å². The number of fused-ring (bicyclic) bond motifs is 1. The lowest BCUT2D eigenvalue weighted by molar-refractivity contribution is 0.0933. The molecule has 2 aliphatic rings. The molecule has 1 fully saturated rings. The second-order valence-electron chi connectivity index (χ2n) is 6.04. The molecule has 0 spiro atoms. The fourth-order valence-electron chi connectivity index (χ4n) is 3.43. The van der Waals surface area contributed by atoms with E-state index in [2.05, 4.69) is 15.7 Å². The van der Waals surface area contributed by atoms with Gasteiger partial charge in [0.25, 0.3) is 5.91 Å². The van der Waals surface area contributed by atoms with Crippen LogP contribution in [0.15, 0.2) is 30.3 Å². The Hall–Kier alpha value is -1.85. The van der Waals surface area contributed by atoms with Crippen molar-refractivity contribution < 1.29 is 4.79 Å². The zero-order chi connectivity index (χ0) is 14.9. The van der Waals surface area contributed by atoms with Gasteiger partial charge in [0.2, 0.25) is 0 Å². The summed E-state index contributed by atoms with van der Waals surface area (Å²) in [5, 5.41) is 11.0. The van der Waals surface area contributed by atoms with Crippen LogP contribution < -0.4 is 10.6 Å². The third-order valence-corrected chi connectivity index (χ3v) is 4.54. The molecule has 0 bridgehead atoms. The smallest absolute Gasteiger partial charge is 0.272 e. The van der Waals surface area contributed by atoms with E-state index in [4.69, 9.17) is 0 Å². The van der Waals surface area contributed by atoms with Crippen LogP contribution in [0.1, 0.15) is 34.6 Å². The third-order valence-electron chi connectivity index (χ3n) is 4.54. The van der Waals surface area contributed by atoms with E-state index in [1.807, 2.05) is 35.0 Å². The van der Waals surface area contributed by atoms with Crippen LogP contribution in [-0.2, 0) is 12.8 Å². The number of nitrogens with one attached hydrogen (secondary N) is 2. The van der Waals surface area contributed by atoms with Gasteiger partial charge in [-0.05, 0) is 44.4 Å². The highest BCUT2D eigenvalue weighted by Gasteiger charge is 2.28. The third kappa shape index (κ3) is 2.99. The van der Waals surface area contributed by atoms with Gasteiger partial charge in [-0.25, -0.2) is 4.68 Å². The van der Waals surface area contributed by atoms with Crippen LogP contribution in [0.2, 0.25) is 0 Å². The minimum Gasteiger partial charge on any atom is -0.347 e. The number of carbonyl (C=O) groups is 1. The maximum atomic E-state index is 12.6. The summed E-state index contributed by atoms with van der Waals surface area (Å²) >= 11 is 0. The lowest BCUT2D eigenvalue weighted by atomic mass is 10.1. The molecule has 1 aromatic carbocycles. The normalized spacial score (nSPS) is 19.2. The van der Waals surface area contributed by atoms with E-state index in [0.29, 0.717) is 5.69 Å². The van der Waals surface area contributed by atoms with Gasteiger partial charge < -0.3 is 10.6 Å². The van der Waals surface area contributed by atoms with E-state index >= 15 is 0 Å². The van der Waals surface area contributed by atoms with Crippen molar-refractivity contribution in [3.8, 4) is 5.69 Å². The minimum absolute atomic E-state index is 0. The summed E-state index contributed by atoms with van der Waals surface area (Å²) in [5.41, 5.74) is 3.97. The Morgan fingerprint density at radius 3 is 2.83 bits per heavy atom. The lowest BCUT2D eigenvalue weighted by Gasteiger charge is -2.10. The molecule has 122 valence electrons. The first-order valence-electron chi connectivity index (χ1n) is 8.01. The van der Waals surface area contributed by atoms with Crippen LogP contribution in [0.25, 0.3) is 5.69 Å². The first kappa shape index (κ1) is 16.0. The molecule has 1 amide bonds. The highest BCUT2D eigenvalue weighted by molar-refractivity contribution is 5.94. The van der Waals surface area contributed by atoms with E-state index in [9.17, 15) is 4.79 Å². The number of hydrogen-bond acceptors (Lipinski definition) is 3. The minimum atomic E-state index is -0.0264. The van der Waals surface area contributed by atoms with Crippen molar-refractivity contribution in [3.63, 3.8) is 0 Å². The molecular formula is C17H21ClN4O.